The van der Waals surface area contributed by atoms with E-state index in [0.717, 1.165) is 19.5 Å². The van der Waals surface area contributed by atoms with Crippen molar-refractivity contribution in [1.29, 1.82) is 0 Å². The summed E-state index contributed by atoms with van der Waals surface area (Å²) in [6.45, 7) is 1.62. The molecule has 0 radical (unpaired) electrons. The van der Waals surface area contributed by atoms with Crippen molar-refractivity contribution in [2.45, 2.75) is 6.42 Å². The summed E-state index contributed by atoms with van der Waals surface area (Å²) in [4.78, 5) is 22.5. The van der Waals surface area contributed by atoms with Gasteiger partial charge in [-0.15, -0.1) is 0 Å². The van der Waals surface area contributed by atoms with E-state index in [-0.39, 0.29) is 11.8 Å². The highest BCUT2D eigenvalue weighted by molar-refractivity contribution is 5.93. The van der Waals surface area contributed by atoms with Gasteiger partial charge >= 0.3 is 6.03 Å². The van der Waals surface area contributed by atoms with Crippen LogP contribution in [0.2, 0.25) is 0 Å². The lowest BCUT2D eigenvalue weighted by atomic mass is 10.1. The molecule has 18 heavy (non-hydrogen) atoms. The second-order valence-corrected chi connectivity index (χ2v) is 4.25. The number of anilines is 2. The first-order valence-corrected chi connectivity index (χ1v) is 5.83. The van der Waals surface area contributed by atoms with Crippen molar-refractivity contribution in [3.05, 3.63) is 24.3 Å². The Morgan fingerprint density at radius 2 is 1.78 bits per heavy atom. The number of nitrogens with one attached hydrogen (secondary N) is 3. The van der Waals surface area contributed by atoms with Crippen molar-refractivity contribution in [3.63, 3.8) is 0 Å². The molecular weight excluding hydrogens is 232 g/mol. The highest BCUT2D eigenvalue weighted by atomic mass is 16.2. The highest BCUT2D eigenvalue weighted by Gasteiger charge is 2.22. The van der Waals surface area contributed by atoms with Crippen LogP contribution < -0.4 is 21.7 Å². The fourth-order valence-electron chi connectivity index (χ4n) is 1.90. The van der Waals surface area contributed by atoms with E-state index >= 15 is 0 Å². The molecule has 1 fully saturated rings. The van der Waals surface area contributed by atoms with Gasteiger partial charge in [0.15, 0.2) is 0 Å². The molecule has 1 aliphatic rings. The molecule has 5 N–H and O–H groups in total. The van der Waals surface area contributed by atoms with Crippen molar-refractivity contribution in [2.24, 2.45) is 11.7 Å². The summed E-state index contributed by atoms with van der Waals surface area (Å²) in [5.41, 5.74) is 6.31. The maximum absolute atomic E-state index is 11.8. The first-order chi connectivity index (χ1) is 8.65. The number of primary amides is 1. The quantitative estimate of drug-likeness (QED) is 0.634. The van der Waals surface area contributed by atoms with E-state index < -0.39 is 6.03 Å². The molecule has 2 rings (SSSR count). The van der Waals surface area contributed by atoms with Gasteiger partial charge in [0.25, 0.3) is 0 Å². The Hall–Kier alpha value is -2.08. The largest absolute Gasteiger partial charge is 0.351 e. The van der Waals surface area contributed by atoms with Crippen molar-refractivity contribution >= 4 is 23.3 Å². The number of hydrogen-bond donors (Lipinski definition) is 4. The van der Waals surface area contributed by atoms with Crippen molar-refractivity contribution in [2.75, 3.05) is 23.7 Å². The topological polar surface area (TPSA) is 96.2 Å². The van der Waals surface area contributed by atoms with Crippen LogP contribution in [0.3, 0.4) is 0 Å². The van der Waals surface area contributed by atoms with Gasteiger partial charge in [-0.2, -0.15) is 0 Å². The summed E-state index contributed by atoms with van der Waals surface area (Å²) in [5.74, 6) is 0.0593. The average Bonchev–Trinajstić information content (AvgIpc) is 2.84. The number of benzene rings is 1. The van der Waals surface area contributed by atoms with Crippen molar-refractivity contribution < 1.29 is 9.59 Å². The third-order valence-corrected chi connectivity index (χ3v) is 2.85. The summed E-state index contributed by atoms with van der Waals surface area (Å²) >= 11 is 0. The van der Waals surface area contributed by atoms with E-state index in [1.807, 2.05) is 0 Å². The molecule has 0 aliphatic carbocycles. The molecule has 1 saturated heterocycles. The van der Waals surface area contributed by atoms with Gasteiger partial charge in [-0.3, -0.25) is 4.79 Å². The second-order valence-electron chi connectivity index (χ2n) is 4.25. The lowest BCUT2D eigenvalue weighted by Crippen LogP contribution is -2.24. The Bertz CT molecular complexity index is 438. The van der Waals surface area contributed by atoms with Gasteiger partial charge in [-0.25, -0.2) is 4.79 Å². The smallest absolute Gasteiger partial charge is 0.316 e. The van der Waals surface area contributed by atoms with Crippen LogP contribution in [-0.2, 0) is 4.79 Å². The fraction of sp³-hybridized carbons (Fsp3) is 0.333. The number of hydrogen-bond acceptors (Lipinski definition) is 3. The van der Waals surface area contributed by atoms with E-state index in [1.165, 1.54) is 0 Å². The zero-order valence-electron chi connectivity index (χ0n) is 9.90. The van der Waals surface area contributed by atoms with Gasteiger partial charge in [0.05, 0.1) is 5.92 Å². The van der Waals surface area contributed by atoms with Crippen LogP contribution in [-0.4, -0.2) is 25.0 Å². The zero-order chi connectivity index (χ0) is 13.0. The van der Waals surface area contributed by atoms with Crippen LogP contribution >= 0.6 is 0 Å². The number of amides is 3. The lowest BCUT2D eigenvalue weighted by Gasteiger charge is -2.10. The molecule has 0 spiro atoms. The molecule has 1 unspecified atom stereocenters. The Kier molecular flexibility index (Phi) is 3.78. The predicted octanol–water partition coefficient (Wildman–Crippen LogP) is 0.725. The predicted molar refractivity (Wildman–Crippen MR) is 69.3 cm³/mol. The molecule has 6 nitrogen and oxygen atoms in total. The van der Waals surface area contributed by atoms with Gasteiger partial charge < -0.3 is 21.7 Å². The Labute approximate surface area is 105 Å². The summed E-state index contributed by atoms with van der Waals surface area (Å²) in [5, 5.41) is 8.45. The van der Waals surface area contributed by atoms with Crippen LogP contribution in [0.4, 0.5) is 16.2 Å². The molecule has 1 aliphatic heterocycles. The van der Waals surface area contributed by atoms with E-state index in [9.17, 15) is 9.59 Å². The normalized spacial score (nSPS) is 18.3. The van der Waals surface area contributed by atoms with Crippen molar-refractivity contribution in [3.8, 4) is 0 Å². The van der Waals surface area contributed by atoms with E-state index in [2.05, 4.69) is 16.0 Å². The molecule has 0 bridgehead atoms. The van der Waals surface area contributed by atoms with Gasteiger partial charge in [-0.05, 0) is 37.2 Å². The molecule has 96 valence electrons. The summed E-state index contributed by atoms with van der Waals surface area (Å²) in [6, 6.07) is 6.22. The van der Waals surface area contributed by atoms with E-state index in [0.29, 0.717) is 11.4 Å². The molecule has 1 aromatic carbocycles. The maximum Gasteiger partial charge on any atom is 0.316 e. The van der Waals surface area contributed by atoms with Gasteiger partial charge in [0.1, 0.15) is 0 Å². The van der Waals surface area contributed by atoms with E-state index in [4.69, 9.17) is 5.73 Å². The zero-order valence-corrected chi connectivity index (χ0v) is 9.90. The summed E-state index contributed by atoms with van der Waals surface area (Å²) in [7, 11) is 0. The van der Waals surface area contributed by atoms with Crippen molar-refractivity contribution in [1.82, 2.24) is 5.32 Å². The molecule has 0 saturated carbocycles. The molecule has 0 aromatic heterocycles. The second kappa shape index (κ2) is 5.50. The first-order valence-electron chi connectivity index (χ1n) is 5.83. The molecule has 1 heterocycles. The monoisotopic (exact) mass is 248 g/mol. The Balaban J connectivity index is 1.93. The molecule has 1 aromatic rings. The minimum Gasteiger partial charge on any atom is -0.351 e. The third-order valence-electron chi connectivity index (χ3n) is 2.85. The number of urea groups is 1. The molecule has 1 atom stereocenters. The van der Waals surface area contributed by atoms with Crippen LogP contribution in [0.1, 0.15) is 6.42 Å². The number of nitrogens with two attached hydrogens (primary N) is 1. The van der Waals surface area contributed by atoms with Crippen LogP contribution in [0, 0.1) is 5.92 Å². The minimum atomic E-state index is -0.608. The van der Waals surface area contributed by atoms with Crippen LogP contribution in [0.5, 0.6) is 0 Å². The first kappa shape index (κ1) is 12.4. The summed E-state index contributed by atoms with van der Waals surface area (Å²) in [6.07, 6.45) is 0.868. The van der Waals surface area contributed by atoms with Crippen LogP contribution in [0.25, 0.3) is 0 Å². The molecule has 6 heteroatoms. The average molecular weight is 248 g/mol. The standard InChI is InChI=1S/C12H16N4O2/c13-12(18)16-10-3-1-9(2-4-10)15-11(17)8-5-6-14-7-8/h1-4,8,14H,5-7H2,(H,15,17)(H3,13,16,18). The van der Waals surface area contributed by atoms with Crippen LogP contribution in [0.15, 0.2) is 24.3 Å². The third kappa shape index (κ3) is 3.21. The fourth-order valence-corrected chi connectivity index (χ4v) is 1.90. The number of carbonyl (C=O) groups is 2. The van der Waals surface area contributed by atoms with Gasteiger partial charge in [-0.1, -0.05) is 0 Å². The Morgan fingerprint density at radius 1 is 1.17 bits per heavy atom. The Morgan fingerprint density at radius 3 is 2.28 bits per heavy atom. The van der Waals surface area contributed by atoms with Gasteiger partial charge in [0, 0.05) is 17.9 Å². The SMILES string of the molecule is NC(=O)Nc1ccc(NC(=O)C2CCNC2)cc1. The highest BCUT2D eigenvalue weighted by Crippen LogP contribution is 2.16. The number of rotatable bonds is 3. The number of carbonyl (C=O) groups excluding carboxylic acids is 2. The minimum absolute atomic E-state index is 0.0237. The lowest BCUT2D eigenvalue weighted by molar-refractivity contribution is -0.119. The maximum atomic E-state index is 11.8. The van der Waals surface area contributed by atoms with Gasteiger partial charge in [0.2, 0.25) is 5.91 Å². The molecular formula is C12H16N4O2. The van der Waals surface area contributed by atoms with E-state index in [1.54, 1.807) is 24.3 Å². The summed E-state index contributed by atoms with van der Waals surface area (Å²) < 4.78 is 0. The molecule has 3 amide bonds.